The molecule has 0 unspecified atom stereocenters. The van der Waals surface area contributed by atoms with Crippen LogP contribution >= 0.6 is 0 Å². The van der Waals surface area contributed by atoms with E-state index in [9.17, 15) is 4.79 Å². The molecule has 0 spiro atoms. The number of anilines is 1. The van der Waals surface area contributed by atoms with Gasteiger partial charge < -0.3 is 10.2 Å². The van der Waals surface area contributed by atoms with Gasteiger partial charge in [-0.05, 0) is 32.6 Å². The van der Waals surface area contributed by atoms with Crippen molar-refractivity contribution in [2.75, 3.05) is 18.0 Å². The molecule has 1 aliphatic carbocycles. The molecule has 7 nitrogen and oxygen atoms in total. The zero-order chi connectivity index (χ0) is 17.4. The number of aromatic nitrogens is 4. The highest BCUT2D eigenvalue weighted by Gasteiger charge is 2.28. The Hall–Kier alpha value is -2.44. The Morgan fingerprint density at radius 1 is 1.20 bits per heavy atom. The van der Waals surface area contributed by atoms with Gasteiger partial charge in [-0.3, -0.25) is 9.48 Å². The fourth-order valence-corrected chi connectivity index (χ4v) is 3.32. The van der Waals surface area contributed by atoms with Crippen LogP contribution in [0.1, 0.15) is 53.5 Å². The summed E-state index contributed by atoms with van der Waals surface area (Å²) in [5.74, 6) is 2.56. The lowest BCUT2D eigenvalue weighted by atomic mass is 10.0. The molecule has 1 amide bonds. The third-order valence-corrected chi connectivity index (χ3v) is 4.92. The normalized spacial score (nSPS) is 18.4. The van der Waals surface area contributed by atoms with E-state index in [4.69, 9.17) is 4.98 Å². The Kier molecular flexibility index (Phi) is 4.15. The second-order valence-corrected chi connectivity index (χ2v) is 7.14. The summed E-state index contributed by atoms with van der Waals surface area (Å²) in [5, 5.41) is 7.17. The first-order chi connectivity index (χ1) is 12.1. The Balaban J connectivity index is 1.36. The first kappa shape index (κ1) is 16.1. The second kappa shape index (κ2) is 6.46. The number of rotatable bonds is 4. The third kappa shape index (κ3) is 3.65. The Labute approximate surface area is 147 Å². The molecule has 4 rings (SSSR count). The number of carbonyl (C=O) groups excluding carboxylic acids is 1. The molecule has 1 saturated heterocycles. The molecule has 132 valence electrons. The van der Waals surface area contributed by atoms with Gasteiger partial charge in [-0.1, -0.05) is 0 Å². The molecule has 2 aromatic rings. The minimum atomic E-state index is -0.0412. The van der Waals surface area contributed by atoms with Crippen LogP contribution in [0, 0.1) is 6.92 Å². The number of carbonyl (C=O) groups is 1. The van der Waals surface area contributed by atoms with E-state index < -0.39 is 0 Å². The summed E-state index contributed by atoms with van der Waals surface area (Å²) in [5.41, 5.74) is 1.66. The van der Waals surface area contributed by atoms with E-state index in [0.717, 1.165) is 43.3 Å². The lowest BCUT2D eigenvalue weighted by Gasteiger charge is -2.33. The monoisotopic (exact) mass is 340 g/mol. The molecule has 2 aliphatic rings. The van der Waals surface area contributed by atoms with Gasteiger partial charge in [0.15, 0.2) is 0 Å². The van der Waals surface area contributed by atoms with Gasteiger partial charge in [0, 0.05) is 50.1 Å². The topological polar surface area (TPSA) is 75.9 Å². The van der Waals surface area contributed by atoms with Crippen molar-refractivity contribution >= 4 is 11.7 Å². The van der Waals surface area contributed by atoms with Crippen LogP contribution < -0.4 is 10.2 Å². The summed E-state index contributed by atoms with van der Waals surface area (Å²) in [6, 6.07) is 2.27. The van der Waals surface area contributed by atoms with Gasteiger partial charge in [0.1, 0.15) is 11.6 Å². The summed E-state index contributed by atoms with van der Waals surface area (Å²) < 4.78 is 1.65. The van der Waals surface area contributed by atoms with Gasteiger partial charge in [0.2, 0.25) is 0 Å². The van der Waals surface area contributed by atoms with Gasteiger partial charge in [-0.15, -0.1) is 0 Å². The van der Waals surface area contributed by atoms with E-state index >= 15 is 0 Å². The third-order valence-electron chi connectivity index (χ3n) is 4.92. The van der Waals surface area contributed by atoms with Crippen molar-refractivity contribution in [1.82, 2.24) is 25.1 Å². The van der Waals surface area contributed by atoms with Crippen LogP contribution in [0.5, 0.6) is 0 Å². The van der Waals surface area contributed by atoms with Crippen molar-refractivity contribution in [2.45, 2.75) is 44.6 Å². The van der Waals surface area contributed by atoms with E-state index in [1.54, 1.807) is 17.1 Å². The summed E-state index contributed by atoms with van der Waals surface area (Å²) in [7, 11) is 1.81. The summed E-state index contributed by atoms with van der Waals surface area (Å²) in [6.07, 6.45) is 7.62. The van der Waals surface area contributed by atoms with Gasteiger partial charge >= 0.3 is 0 Å². The van der Waals surface area contributed by atoms with Crippen molar-refractivity contribution in [3.05, 3.63) is 35.5 Å². The van der Waals surface area contributed by atoms with Gasteiger partial charge in [0.25, 0.3) is 5.91 Å². The molecule has 2 aromatic heterocycles. The highest BCUT2D eigenvalue weighted by molar-refractivity contribution is 5.93. The van der Waals surface area contributed by atoms with Gasteiger partial charge in [0.05, 0.1) is 11.8 Å². The lowest BCUT2D eigenvalue weighted by Crippen LogP contribution is -2.45. The molecule has 0 bridgehead atoms. The lowest BCUT2D eigenvalue weighted by molar-refractivity contribution is 0.0931. The number of amides is 1. The minimum Gasteiger partial charge on any atom is -0.356 e. The van der Waals surface area contributed by atoms with Crippen molar-refractivity contribution in [3.8, 4) is 0 Å². The molecule has 0 atom stereocenters. The molecule has 3 heterocycles. The SMILES string of the molecule is Cc1cc(N2CCC(NC(=O)c3cnn(C)c3)CC2)nc(C2CC2)n1. The molecule has 0 radical (unpaired) electrons. The van der Waals surface area contributed by atoms with Crippen LogP contribution in [0.25, 0.3) is 0 Å². The Morgan fingerprint density at radius 3 is 2.60 bits per heavy atom. The highest BCUT2D eigenvalue weighted by Crippen LogP contribution is 2.38. The van der Waals surface area contributed by atoms with Crippen LogP contribution in [-0.4, -0.2) is 44.8 Å². The first-order valence-electron chi connectivity index (χ1n) is 8.98. The maximum Gasteiger partial charge on any atom is 0.254 e. The van der Waals surface area contributed by atoms with E-state index in [1.807, 2.05) is 14.0 Å². The zero-order valence-corrected chi connectivity index (χ0v) is 14.8. The van der Waals surface area contributed by atoms with Crippen LogP contribution in [0.4, 0.5) is 5.82 Å². The molecule has 25 heavy (non-hydrogen) atoms. The fourth-order valence-electron chi connectivity index (χ4n) is 3.32. The van der Waals surface area contributed by atoms with Crippen molar-refractivity contribution in [1.29, 1.82) is 0 Å². The average Bonchev–Trinajstić information content (AvgIpc) is 3.36. The summed E-state index contributed by atoms with van der Waals surface area (Å²) in [4.78, 5) is 23.9. The van der Waals surface area contributed by atoms with Crippen molar-refractivity contribution < 1.29 is 4.79 Å². The van der Waals surface area contributed by atoms with E-state index in [2.05, 4.69) is 26.4 Å². The number of piperidine rings is 1. The molecule has 0 aromatic carbocycles. The maximum atomic E-state index is 12.3. The molecular formula is C18H24N6O. The quantitative estimate of drug-likeness (QED) is 0.918. The number of nitrogens with zero attached hydrogens (tertiary/aromatic N) is 5. The number of hydrogen-bond donors (Lipinski definition) is 1. The minimum absolute atomic E-state index is 0.0412. The molecule has 1 saturated carbocycles. The molecular weight excluding hydrogens is 316 g/mol. The Morgan fingerprint density at radius 2 is 1.96 bits per heavy atom. The molecule has 1 N–H and O–H groups in total. The predicted octanol–water partition coefficient (Wildman–Crippen LogP) is 1.79. The van der Waals surface area contributed by atoms with Gasteiger partial charge in [-0.2, -0.15) is 5.10 Å². The van der Waals surface area contributed by atoms with Crippen LogP contribution in [0.3, 0.4) is 0 Å². The first-order valence-corrected chi connectivity index (χ1v) is 8.98. The number of nitrogens with one attached hydrogen (secondary N) is 1. The predicted molar refractivity (Wildman–Crippen MR) is 94.7 cm³/mol. The molecule has 7 heteroatoms. The number of hydrogen-bond acceptors (Lipinski definition) is 5. The Bertz CT molecular complexity index is 774. The standard InChI is InChI=1S/C18H24N6O/c1-12-9-16(22-17(20-12)13-3-4-13)24-7-5-15(6-8-24)21-18(25)14-10-19-23(2)11-14/h9-11,13,15H,3-8H2,1-2H3,(H,21,25). The van der Waals surface area contributed by atoms with Crippen molar-refractivity contribution in [3.63, 3.8) is 0 Å². The smallest absolute Gasteiger partial charge is 0.254 e. The van der Waals surface area contributed by atoms with Crippen molar-refractivity contribution in [2.24, 2.45) is 7.05 Å². The largest absolute Gasteiger partial charge is 0.356 e. The fraction of sp³-hybridized carbons (Fsp3) is 0.556. The van der Waals surface area contributed by atoms with Crippen LogP contribution in [-0.2, 0) is 7.05 Å². The zero-order valence-electron chi connectivity index (χ0n) is 14.8. The molecule has 1 aliphatic heterocycles. The van der Waals surface area contributed by atoms with E-state index in [1.165, 1.54) is 12.8 Å². The van der Waals surface area contributed by atoms with Gasteiger partial charge in [-0.25, -0.2) is 9.97 Å². The average molecular weight is 340 g/mol. The van der Waals surface area contributed by atoms with Crippen LogP contribution in [0.15, 0.2) is 18.5 Å². The number of aryl methyl sites for hydroxylation is 2. The van der Waals surface area contributed by atoms with E-state index in [0.29, 0.717) is 11.5 Å². The highest BCUT2D eigenvalue weighted by atomic mass is 16.1. The summed E-state index contributed by atoms with van der Waals surface area (Å²) in [6.45, 7) is 3.84. The maximum absolute atomic E-state index is 12.3. The molecule has 2 fully saturated rings. The summed E-state index contributed by atoms with van der Waals surface area (Å²) >= 11 is 0. The van der Waals surface area contributed by atoms with Crippen LogP contribution in [0.2, 0.25) is 0 Å². The van der Waals surface area contributed by atoms with E-state index in [-0.39, 0.29) is 11.9 Å². The second-order valence-electron chi connectivity index (χ2n) is 7.14.